The lowest BCUT2D eigenvalue weighted by Crippen LogP contribution is -2.15. The van der Waals surface area contributed by atoms with Crippen molar-refractivity contribution in [3.05, 3.63) is 86.6 Å². The summed E-state index contributed by atoms with van der Waals surface area (Å²) in [5.74, 6) is 1.41. The van der Waals surface area contributed by atoms with Gasteiger partial charge in [-0.15, -0.1) is 10.2 Å². The van der Waals surface area contributed by atoms with Crippen molar-refractivity contribution in [2.45, 2.75) is 24.4 Å². The Morgan fingerprint density at radius 2 is 1.93 bits per heavy atom. The van der Waals surface area contributed by atoms with E-state index in [1.165, 1.54) is 21.7 Å². The fraction of sp³-hybridized carbons (Fsp3) is 0.158. The van der Waals surface area contributed by atoms with Crippen molar-refractivity contribution in [3.8, 4) is 0 Å². The van der Waals surface area contributed by atoms with Crippen LogP contribution in [-0.4, -0.2) is 24.1 Å². The minimum Gasteiger partial charge on any atom is -0.302 e. The van der Waals surface area contributed by atoms with Crippen LogP contribution in [0.4, 0.5) is 0 Å². The van der Waals surface area contributed by atoms with Gasteiger partial charge in [0.25, 0.3) is 5.56 Å². The molecule has 0 aliphatic heterocycles. The van der Waals surface area contributed by atoms with Gasteiger partial charge in [0.05, 0.1) is 12.2 Å². The zero-order valence-electron chi connectivity index (χ0n) is 14.5. The van der Waals surface area contributed by atoms with Gasteiger partial charge in [0.15, 0.2) is 5.16 Å². The fourth-order valence-corrected chi connectivity index (χ4v) is 3.97. The first-order chi connectivity index (χ1) is 13.1. The van der Waals surface area contributed by atoms with Gasteiger partial charge in [-0.05, 0) is 40.5 Å². The van der Waals surface area contributed by atoms with E-state index < -0.39 is 0 Å². The van der Waals surface area contributed by atoms with Crippen LogP contribution in [-0.2, 0) is 12.3 Å². The summed E-state index contributed by atoms with van der Waals surface area (Å²) in [6.07, 6.45) is 1.72. The van der Waals surface area contributed by atoms with Crippen LogP contribution in [0.2, 0.25) is 0 Å². The Bertz CT molecular complexity index is 1160. The number of benzene rings is 1. The second-order valence-electron chi connectivity index (χ2n) is 6.05. The molecular weight excluding hydrogens is 426 g/mol. The molecular formula is C19H16BrN5OS. The predicted molar refractivity (Wildman–Crippen MR) is 109 cm³/mol. The first-order valence-electron chi connectivity index (χ1n) is 8.34. The molecule has 4 rings (SSSR count). The number of halogens is 1. The lowest BCUT2D eigenvalue weighted by molar-refractivity contribution is 0.688. The van der Waals surface area contributed by atoms with Crippen LogP contribution in [0.15, 0.2) is 69.2 Å². The summed E-state index contributed by atoms with van der Waals surface area (Å²) in [6, 6.07) is 15.5. The summed E-state index contributed by atoms with van der Waals surface area (Å²) in [5.41, 5.74) is 2.44. The Labute approximate surface area is 168 Å². The molecule has 0 aliphatic carbocycles. The molecule has 3 heterocycles. The van der Waals surface area contributed by atoms with E-state index in [0.717, 1.165) is 21.1 Å². The lowest BCUT2D eigenvalue weighted by Gasteiger charge is -2.09. The quantitative estimate of drug-likeness (QED) is 0.441. The van der Waals surface area contributed by atoms with Crippen molar-refractivity contribution in [2.24, 2.45) is 0 Å². The van der Waals surface area contributed by atoms with Crippen molar-refractivity contribution in [1.29, 1.82) is 0 Å². The normalized spacial score (nSPS) is 11.2. The zero-order chi connectivity index (χ0) is 18.8. The monoisotopic (exact) mass is 441 g/mol. The maximum atomic E-state index is 12.3. The maximum absolute atomic E-state index is 12.3. The van der Waals surface area contributed by atoms with Gasteiger partial charge in [0.1, 0.15) is 11.5 Å². The summed E-state index contributed by atoms with van der Waals surface area (Å²) in [6.45, 7) is 2.66. The highest BCUT2D eigenvalue weighted by Gasteiger charge is 2.11. The zero-order valence-corrected chi connectivity index (χ0v) is 16.9. The Morgan fingerprint density at radius 1 is 1.11 bits per heavy atom. The Balaban J connectivity index is 1.57. The third-order valence-electron chi connectivity index (χ3n) is 4.11. The SMILES string of the molecule is Cc1nnc(SCc2cc(=O)n3cc(Br)ccc3n2)n1Cc1ccccc1. The molecule has 0 amide bonds. The number of nitrogens with zero attached hydrogens (tertiary/aromatic N) is 5. The summed E-state index contributed by atoms with van der Waals surface area (Å²) in [7, 11) is 0. The van der Waals surface area contributed by atoms with Crippen LogP contribution < -0.4 is 5.56 Å². The molecule has 0 radical (unpaired) electrons. The number of aromatic nitrogens is 5. The maximum Gasteiger partial charge on any atom is 0.258 e. The molecule has 0 spiro atoms. The Hall–Kier alpha value is -2.45. The molecule has 4 aromatic rings. The molecule has 0 atom stereocenters. The van der Waals surface area contributed by atoms with Crippen molar-refractivity contribution >= 4 is 33.3 Å². The van der Waals surface area contributed by atoms with E-state index in [-0.39, 0.29) is 5.56 Å². The second kappa shape index (κ2) is 7.66. The number of aryl methyl sites for hydroxylation is 1. The van der Waals surface area contributed by atoms with Gasteiger partial charge in [-0.2, -0.15) is 0 Å². The highest BCUT2D eigenvalue weighted by Crippen LogP contribution is 2.22. The molecule has 136 valence electrons. The number of rotatable bonds is 5. The van der Waals surface area contributed by atoms with E-state index in [1.54, 1.807) is 12.3 Å². The molecule has 0 unspecified atom stereocenters. The summed E-state index contributed by atoms with van der Waals surface area (Å²) in [4.78, 5) is 16.9. The summed E-state index contributed by atoms with van der Waals surface area (Å²) < 4.78 is 4.44. The summed E-state index contributed by atoms with van der Waals surface area (Å²) in [5, 5.41) is 9.30. The third-order valence-corrected chi connectivity index (χ3v) is 5.58. The van der Waals surface area contributed by atoms with Crippen LogP contribution >= 0.6 is 27.7 Å². The molecule has 0 saturated carbocycles. The number of hydrogen-bond acceptors (Lipinski definition) is 5. The van der Waals surface area contributed by atoms with Gasteiger partial charge in [0, 0.05) is 22.5 Å². The van der Waals surface area contributed by atoms with Gasteiger partial charge in [-0.25, -0.2) is 4.98 Å². The molecule has 8 heteroatoms. The van der Waals surface area contributed by atoms with Gasteiger partial charge < -0.3 is 4.57 Å². The van der Waals surface area contributed by atoms with Gasteiger partial charge >= 0.3 is 0 Å². The smallest absolute Gasteiger partial charge is 0.258 e. The predicted octanol–water partition coefficient (Wildman–Crippen LogP) is 3.70. The molecule has 0 saturated heterocycles. The largest absolute Gasteiger partial charge is 0.302 e. The van der Waals surface area contributed by atoms with Gasteiger partial charge in [0.2, 0.25) is 0 Å². The molecule has 27 heavy (non-hydrogen) atoms. The highest BCUT2D eigenvalue weighted by atomic mass is 79.9. The van der Waals surface area contributed by atoms with Crippen molar-refractivity contribution in [3.63, 3.8) is 0 Å². The van der Waals surface area contributed by atoms with Crippen LogP contribution in [0.25, 0.3) is 5.65 Å². The Morgan fingerprint density at radius 3 is 2.74 bits per heavy atom. The van der Waals surface area contributed by atoms with Crippen LogP contribution in [0, 0.1) is 6.92 Å². The van der Waals surface area contributed by atoms with E-state index in [4.69, 9.17) is 0 Å². The first-order valence-corrected chi connectivity index (χ1v) is 10.1. The fourth-order valence-electron chi connectivity index (χ4n) is 2.75. The van der Waals surface area contributed by atoms with Crippen molar-refractivity contribution < 1.29 is 0 Å². The number of hydrogen-bond donors (Lipinski definition) is 0. The second-order valence-corrected chi connectivity index (χ2v) is 7.91. The van der Waals surface area contributed by atoms with E-state index in [9.17, 15) is 4.79 Å². The minimum atomic E-state index is -0.0983. The average Bonchev–Trinajstić information content (AvgIpc) is 3.01. The number of thioether (sulfide) groups is 1. The van der Waals surface area contributed by atoms with E-state index >= 15 is 0 Å². The highest BCUT2D eigenvalue weighted by molar-refractivity contribution is 9.10. The van der Waals surface area contributed by atoms with Gasteiger partial charge in [-0.3, -0.25) is 9.20 Å². The van der Waals surface area contributed by atoms with Crippen molar-refractivity contribution in [2.75, 3.05) is 0 Å². The third kappa shape index (κ3) is 3.96. The first kappa shape index (κ1) is 17.9. The average molecular weight is 442 g/mol. The summed E-state index contributed by atoms with van der Waals surface area (Å²) >= 11 is 4.90. The molecule has 0 N–H and O–H groups in total. The minimum absolute atomic E-state index is 0.0983. The van der Waals surface area contributed by atoms with Crippen LogP contribution in [0.3, 0.4) is 0 Å². The molecule has 0 fully saturated rings. The number of pyridine rings is 1. The molecule has 0 aliphatic rings. The van der Waals surface area contributed by atoms with E-state index in [0.29, 0.717) is 17.9 Å². The lowest BCUT2D eigenvalue weighted by atomic mass is 10.2. The molecule has 6 nitrogen and oxygen atoms in total. The van der Waals surface area contributed by atoms with Crippen LogP contribution in [0.5, 0.6) is 0 Å². The van der Waals surface area contributed by atoms with E-state index in [1.807, 2.05) is 37.3 Å². The Kier molecular flexibility index (Phi) is 5.09. The molecule has 0 bridgehead atoms. The standard InChI is InChI=1S/C19H16BrN5OS/c1-13-22-23-19(24(13)10-14-5-3-2-4-6-14)27-12-16-9-18(26)25-11-15(20)7-8-17(25)21-16/h2-9,11H,10,12H2,1H3. The topological polar surface area (TPSA) is 65.1 Å². The molecule has 1 aromatic carbocycles. The van der Waals surface area contributed by atoms with E-state index in [2.05, 4.69) is 47.8 Å². The molecule has 3 aromatic heterocycles. The van der Waals surface area contributed by atoms with Gasteiger partial charge in [-0.1, -0.05) is 42.1 Å². The van der Waals surface area contributed by atoms with Crippen molar-refractivity contribution in [1.82, 2.24) is 24.1 Å². The van der Waals surface area contributed by atoms with Crippen LogP contribution in [0.1, 0.15) is 17.1 Å². The number of fused-ring (bicyclic) bond motifs is 1.